The Morgan fingerprint density at radius 3 is 2.55 bits per heavy atom. The van der Waals surface area contributed by atoms with Crippen LogP contribution in [0.2, 0.25) is 0 Å². The Bertz CT molecular complexity index is 896. The van der Waals surface area contributed by atoms with Crippen molar-refractivity contribution < 1.29 is 9.59 Å². The fourth-order valence-electron chi connectivity index (χ4n) is 4.89. The number of nitrogens with zero attached hydrogens (tertiary/aromatic N) is 6. The third-order valence-corrected chi connectivity index (χ3v) is 6.13. The Kier molecular flexibility index (Phi) is 5.12. The lowest BCUT2D eigenvalue weighted by Gasteiger charge is -2.32. The molecule has 2 aliphatic rings. The highest BCUT2D eigenvalue weighted by Gasteiger charge is 2.54. The van der Waals surface area contributed by atoms with Crippen molar-refractivity contribution in [2.24, 2.45) is 18.4 Å². The van der Waals surface area contributed by atoms with Crippen molar-refractivity contribution in [3.63, 3.8) is 0 Å². The number of carbonyl (C=O) groups is 2. The molecule has 29 heavy (non-hydrogen) atoms. The number of fused-ring (bicyclic) bond motifs is 1. The van der Waals surface area contributed by atoms with Gasteiger partial charge in [-0.1, -0.05) is 6.07 Å². The summed E-state index contributed by atoms with van der Waals surface area (Å²) in [6.07, 6.45) is 3.69. The number of pyridine rings is 1. The van der Waals surface area contributed by atoms with E-state index in [1.54, 1.807) is 30.2 Å². The van der Waals surface area contributed by atoms with Gasteiger partial charge in [0.2, 0.25) is 5.91 Å². The van der Waals surface area contributed by atoms with E-state index in [0.717, 1.165) is 12.2 Å². The van der Waals surface area contributed by atoms with Crippen molar-refractivity contribution in [1.29, 1.82) is 0 Å². The summed E-state index contributed by atoms with van der Waals surface area (Å²) in [6.45, 7) is 3.55. The summed E-state index contributed by atoms with van der Waals surface area (Å²) in [5.41, 5.74) is 1.30. The van der Waals surface area contributed by atoms with Crippen LogP contribution in [-0.4, -0.2) is 88.1 Å². The number of hydrogen-bond donors (Lipinski definition) is 0. The molecule has 2 aromatic rings. The van der Waals surface area contributed by atoms with Crippen LogP contribution in [0.5, 0.6) is 0 Å². The van der Waals surface area contributed by atoms with Crippen molar-refractivity contribution in [2.75, 3.05) is 46.8 Å². The number of amides is 2. The number of aromatic nitrogens is 3. The molecule has 2 saturated heterocycles. The first-order valence-electron chi connectivity index (χ1n) is 9.98. The Morgan fingerprint density at radius 1 is 1.14 bits per heavy atom. The SMILES string of the molecule is CN(C)CC12CN(C(=O)Cc3ccccn3)CC1CN(C(=O)c1ccnn1C)C2. The van der Waals surface area contributed by atoms with Gasteiger partial charge in [0, 0.05) is 69.2 Å². The first kappa shape index (κ1) is 19.6. The number of rotatable bonds is 5. The molecule has 2 aromatic heterocycles. The summed E-state index contributed by atoms with van der Waals surface area (Å²) < 4.78 is 1.62. The first-order chi connectivity index (χ1) is 13.9. The van der Waals surface area contributed by atoms with Gasteiger partial charge in [-0.2, -0.15) is 5.10 Å². The van der Waals surface area contributed by atoms with Gasteiger partial charge in [-0.05, 0) is 32.3 Å². The van der Waals surface area contributed by atoms with Crippen LogP contribution in [0.25, 0.3) is 0 Å². The average Bonchev–Trinajstić information content (AvgIpc) is 3.33. The maximum Gasteiger partial charge on any atom is 0.272 e. The van der Waals surface area contributed by atoms with Crippen LogP contribution in [0.4, 0.5) is 0 Å². The molecule has 2 unspecified atom stereocenters. The molecule has 0 spiro atoms. The van der Waals surface area contributed by atoms with Gasteiger partial charge in [-0.15, -0.1) is 0 Å². The second-order valence-corrected chi connectivity index (χ2v) is 8.59. The van der Waals surface area contributed by atoms with Crippen molar-refractivity contribution >= 4 is 11.8 Å². The fourth-order valence-corrected chi connectivity index (χ4v) is 4.89. The molecule has 4 heterocycles. The van der Waals surface area contributed by atoms with Gasteiger partial charge in [-0.3, -0.25) is 19.3 Å². The van der Waals surface area contributed by atoms with Crippen LogP contribution in [0, 0.1) is 11.3 Å². The van der Waals surface area contributed by atoms with Gasteiger partial charge >= 0.3 is 0 Å². The Balaban J connectivity index is 1.49. The fraction of sp³-hybridized carbons (Fsp3) is 0.524. The van der Waals surface area contributed by atoms with E-state index in [1.807, 2.05) is 28.0 Å². The van der Waals surface area contributed by atoms with Gasteiger partial charge in [0.15, 0.2) is 0 Å². The van der Waals surface area contributed by atoms with Crippen LogP contribution in [0.15, 0.2) is 36.7 Å². The van der Waals surface area contributed by atoms with Crippen molar-refractivity contribution in [3.05, 3.63) is 48.0 Å². The van der Waals surface area contributed by atoms with Crippen LogP contribution in [-0.2, 0) is 18.3 Å². The molecule has 8 heteroatoms. The molecule has 2 aliphatic heterocycles. The molecule has 154 valence electrons. The number of likely N-dealkylation sites (tertiary alicyclic amines) is 2. The molecular formula is C21H28N6O2. The van der Waals surface area contributed by atoms with Gasteiger partial charge < -0.3 is 14.7 Å². The van der Waals surface area contributed by atoms with E-state index in [1.165, 1.54) is 0 Å². The summed E-state index contributed by atoms with van der Waals surface area (Å²) in [6, 6.07) is 7.41. The van der Waals surface area contributed by atoms with Crippen molar-refractivity contribution in [1.82, 2.24) is 29.5 Å². The van der Waals surface area contributed by atoms with Crippen molar-refractivity contribution in [3.8, 4) is 0 Å². The van der Waals surface area contributed by atoms with Crippen molar-refractivity contribution in [2.45, 2.75) is 6.42 Å². The molecule has 8 nitrogen and oxygen atoms in total. The topological polar surface area (TPSA) is 74.6 Å². The number of aryl methyl sites for hydroxylation is 1. The molecule has 0 saturated carbocycles. The van der Waals surface area contributed by atoms with E-state index >= 15 is 0 Å². The molecular weight excluding hydrogens is 368 g/mol. The van der Waals surface area contributed by atoms with Crippen LogP contribution in [0.1, 0.15) is 16.2 Å². The predicted molar refractivity (Wildman–Crippen MR) is 108 cm³/mol. The Labute approximate surface area is 171 Å². The third-order valence-electron chi connectivity index (χ3n) is 6.13. The lowest BCUT2D eigenvalue weighted by atomic mass is 9.80. The second kappa shape index (κ2) is 7.59. The van der Waals surface area contributed by atoms with E-state index in [0.29, 0.717) is 38.3 Å². The maximum atomic E-state index is 13.0. The lowest BCUT2D eigenvalue weighted by Crippen LogP contribution is -2.44. The Hall–Kier alpha value is -2.74. The van der Waals surface area contributed by atoms with Gasteiger partial charge in [0.1, 0.15) is 5.69 Å². The normalized spacial score (nSPS) is 23.7. The highest BCUT2D eigenvalue weighted by Crippen LogP contribution is 2.43. The zero-order chi connectivity index (χ0) is 20.6. The molecule has 0 bridgehead atoms. The molecule has 0 N–H and O–H groups in total. The third kappa shape index (κ3) is 3.76. The zero-order valence-electron chi connectivity index (χ0n) is 17.3. The predicted octanol–water partition coefficient (Wildman–Crippen LogP) is 0.520. The molecule has 2 atom stereocenters. The highest BCUT2D eigenvalue weighted by atomic mass is 16.2. The molecule has 0 radical (unpaired) electrons. The molecule has 0 aliphatic carbocycles. The number of hydrogen-bond acceptors (Lipinski definition) is 5. The molecule has 2 amide bonds. The molecule has 4 rings (SSSR count). The minimum Gasteiger partial charge on any atom is -0.341 e. The summed E-state index contributed by atoms with van der Waals surface area (Å²) in [5.74, 6) is 0.402. The highest BCUT2D eigenvalue weighted by molar-refractivity contribution is 5.92. The second-order valence-electron chi connectivity index (χ2n) is 8.59. The Morgan fingerprint density at radius 2 is 1.90 bits per heavy atom. The largest absolute Gasteiger partial charge is 0.341 e. The van der Waals surface area contributed by atoms with E-state index in [4.69, 9.17) is 0 Å². The van der Waals surface area contributed by atoms with Crippen LogP contribution < -0.4 is 0 Å². The zero-order valence-corrected chi connectivity index (χ0v) is 17.3. The van der Waals surface area contributed by atoms with Gasteiger partial charge in [-0.25, -0.2) is 0 Å². The summed E-state index contributed by atoms with van der Waals surface area (Å²) in [7, 11) is 5.89. The van der Waals surface area contributed by atoms with Gasteiger partial charge in [0.25, 0.3) is 5.91 Å². The minimum atomic E-state index is -0.0997. The van der Waals surface area contributed by atoms with Crippen LogP contribution >= 0.6 is 0 Å². The van der Waals surface area contributed by atoms with E-state index < -0.39 is 0 Å². The standard InChI is InChI=1S/C21H28N6O2/c1-24(2)13-21-14-26(19(28)10-17-6-4-5-8-22-17)11-16(21)12-27(15-21)20(29)18-7-9-23-25(18)3/h4-9,16H,10-15H2,1-3H3. The lowest BCUT2D eigenvalue weighted by molar-refractivity contribution is -0.130. The molecule has 2 fully saturated rings. The maximum absolute atomic E-state index is 13.0. The monoisotopic (exact) mass is 396 g/mol. The first-order valence-corrected chi connectivity index (χ1v) is 9.98. The number of carbonyl (C=O) groups excluding carboxylic acids is 2. The molecule has 0 aromatic carbocycles. The minimum absolute atomic E-state index is 0.0175. The summed E-state index contributed by atoms with van der Waals surface area (Å²) in [5, 5.41) is 4.12. The quantitative estimate of drug-likeness (QED) is 0.737. The summed E-state index contributed by atoms with van der Waals surface area (Å²) in [4.78, 5) is 36.3. The van der Waals surface area contributed by atoms with E-state index in [9.17, 15) is 9.59 Å². The van der Waals surface area contributed by atoms with E-state index in [2.05, 4.69) is 29.1 Å². The average molecular weight is 396 g/mol. The van der Waals surface area contributed by atoms with E-state index in [-0.39, 0.29) is 23.1 Å². The summed E-state index contributed by atoms with van der Waals surface area (Å²) >= 11 is 0. The van der Waals surface area contributed by atoms with Gasteiger partial charge in [0.05, 0.1) is 6.42 Å². The van der Waals surface area contributed by atoms with Crippen LogP contribution in [0.3, 0.4) is 0 Å². The smallest absolute Gasteiger partial charge is 0.272 e.